The minimum absolute atomic E-state index is 0.0722. The highest BCUT2D eigenvalue weighted by atomic mass is 79.9. The zero-order chi connectivity index (χ0) is 16.8. The summed E-state index contributed by atoms with van der Waals surface area (Å²) in [4.78, 5) is 18.8. The molecule has 126 valence electrons. The zero-order valence-corrected chi connectivity index (χ0v) is 15.8. The number of nitrogens with one attached hydrogen (secondary N) is 1. The average molecular weight is 382 g/mol. The minimum atomic E-state index is -0.454. The number of carbonyl (C=O) groups excluding carboxylic acids is 1. The highest BCUT2D eigenvalue weighted by Gasteiger charge is 2.43. The maximum absolute atomic E-state index is 12.3. The molecule has 2 aliphatic heterocycles. The van der Waals surface area contributed by atoms with E-state index in [4.69, 9.17) is 4.74 Å². The van der Waals surface area contributed by atoms with Crippen LogP contribution in [0.5, 0.6) is 0 Å². The number of carbonyl (C=O) groups is 1. The summed E-state index contributed by atoms with van der Waals surface area (Å²) in [6.45, 7) is 9.10. The first-order valence-electron chi connectivity index (χ1n) is 8.10. The Kier molecular flexibility index (Phi) is 4.07. The maximum atomic E-state index is 12.3. The number of anilines is 1. The highest BCUT2D eigenvalue weighted by Crippen LogP contribution is 2.37. The smallest absolute Gasteiger partial charge is 0.410 e. The van der Waals surface area contributed by atoms with Crippen LogP contribution in [-0.2, 0) is 11.2 Å². The van der Waals surface area contributed by atoms with E-state index in [1.807, 2.05) is 32.6 Å². The van der Waals surface area contributed by atoms with Crippen LogP contribution in [0, 0.1) is 6.92 Å². The van der Waals surface area contributed by atoms with E-state index in [9.17, 15) is 4.79 Å². The van der Waals surface area contributed by atoms with Crippen LogP contribution in [0.2, 0.25) is 0 Å². The molecular formula is C17H24BrN3O2. The number of aryl methyl sites for hydroxylation is 2. The van der Waals surface area contributed by atoms with Gasteiger partial charge in [0.1, 0.15) is 11.4 Å². The van der Waals surface area contributed by atoms with Crippen molar-refractivity contribution in [1.82, 2.24) is 9.88 Å². The molecule has 0 saturated carbocycles. The van der Waals surface area contributed by atoms with E-state index >= 15 is 0 Å². The normalized spacial score (nSPS) is 23.6. The molecule has 0 bridgehead atoms. The molecule has 6 heteroatoms. The van der Waals surface area contributed by atoms with E-state index in [2.05, 4.69) is 32.3 Å². The second kappa shape index (κ2) is 5.65. The van der Waals surface area contributed by atoms with Crippen molar-refractivity contribution in [1.29, 1.82) is 0 Å². The SMILES string of the molecule is Cc1nc2c(cc1Br)CC[C@@]1(CCN(C(=O)OC(C)(C)C)C1)N2. The van der Waals surface area contributed by atoms with Gasteiger partial charge < -0.3 is 15.0 Å². The first kappa shape index (κ1) is 16.6. The van der Waals surface area contributed by atoms with Gasteiger partial charge in [-0.15, -0.1) is 0 Å². The van der Waals surface area contributed by atoms with Gasteiger partial charge in [-0.3, -0.25) is 0 Å². The van der Waals surface area contributed by atoms with E-state index < -0.39 is 5.60 Å². The van der Waals surface area contributed by atoms with E-state index in [1.165, 1.54) is 5.56 Å². The Morgan fingerprint density at radius 2 is 2.17 bits per heavy atom. The Morgan fingerprint density at radius 3 is 2.87 bits per heavy atom. The van der Waals surface area contributed by atoms with Gasteiger partial charge >= 0.3 is 6.09 Å². The summed E-state index contributed by atoms with van der Waals surface area (Å²) >= 11 is 3.55. The number of rotatable bonds is 0. The summed E-state index contributed by atoms with van der Waals surface area (Å²) in [5.74, 6) is 0.961. The topological polar surface area (TPSA) is 54.5 Å². The van der Waals surface area contributed by atoms with Crippen LogP contribution < -0.4 is 5.32 Å². The molecule has 1 aromatic rings. The molecule has 1 saturated heterocycles. The van der Waals surface area contributed by atoms with E-state index in [0.717, 1.165) is 41.8 Å². The van der Waals surface area contributed by atoms with Gasteiger partial charge in [0.15, 0.2) is 0 Å². The monoisotopic (exact) mass is 381 g/mol. The molecule has 0 radical (unpaired) electrons. The number of hydrogen-bond acceptors (Lipinski definition) is 4. The summed E-state index contributed by atoms with van der Waals surface area (Å²) < 4.78 is 6.55. The van der Waals surface area contributed by atoms with Crippen molar-refractivity contribution in [2.45, 2.75) is 58.1 Å². The summed E-state index contributed by atoms with van der Waals surface area (Å²) in [7, 11) is 0. The molecule has 1 atom stereocenters. The van der Waals surface area contributed by atoms with Crippen LogP contribution in [0.25, 0.3) is 0 Å². The lowest BCUT2D eigenvalue weighted by atomic mass is 9.87. The predicted octanol–water partition coefficient (Wildman–Crippen LogP) is 3.89. The van der Waals surface area contributed by atoms with Crippen molar-refractivity contribution in [3.8, 4) is 0 Å². The number of aromatic nitrogens is 1. The highest BCUT2D eigenvalue weighted by molar-refractivity contribution is 9.10. The molecule has 5 nitrogen and oxygen atoms in total. The van der Waals surface area contributed by atoms with Crippen LogP contribution in [0.4, 0.5) is 10.6 Å². The summed E-state index contributed by atoms with van der Waals surface area (Å²) in [6, 6.07) is 2.15. The molecule has 0 aromatic carbocycles. The standard InChI is InChI=1S/C17H24BrN3O2/c1-11-13(18)9-12-5-6-17(20-14(12)19-11)7-8-21(10-17)15(22)23-16(2,3)4/h9H,5-8,10H2,1-4H3,(H,19,20)/t17-/m0/s1. The number of likely N-dealkylation sites (tertiary alicyclic amines) is 1. The Bertz CT molecular complexity index is 641. The Balaban J connectivity index is 1.73. The number of amides is 1. The second-order valence-corrected chi connectivity index (χ2v) is 8.47. The van der Waals surface area contributed by atoms with Crippen molar-refractivity contribution < 1.29 is 9.53 Å². The second-order valence-electron chi connectivity index (χ2n) is 7.62. The lowest BCUT2D eigenvalue weighted by Crippen LogP contribution is -2.46. The molecule has 3 heterocycles. The zero-order valence-electron chi connectivity index (χ0n) is 14.2. The average Bonchev–Trinajstić information content (AvgIpc) is 2.83. The van der Waals surface area contributed by atoms with Crippen molar-refractivity contribution in [2.24, 2.45) is 0 Å². The summed E-state index contributed by atoms with van der Waals surface area (Å²) in [5, 5.41) is 3.61. The van der Waals surface area contributed by atoms with Crippen LogP contribution in [-0.4, -0.2) is 40.2 Å². The number of fused-ring (bicyclic) bond motifs is 1. The minimum Gasteiger partial charge on any atom is -0.444 e. The quantitative estimate of drug-likeness (QED) is 0.740. The van der Waals surface area contributed by atoms with E-state index in [1.54, 1.807) is 0 Å². The van der Waals surface area contributed by atoms with Gasteiger partial charge in [0.25, 0.3) is 0 Å². The molecule has 1 fully saturated rings. The fourth-order valence-corrected chi connectivity index (χ4v) is 3.63. The van der Waals surface area contributed by atoms with Crippen molar-refractivity contribution in [3.05, 3.63) is 21.8 Å². The van der Waals surface area contributed by atoms with Gasteiger partial charge in [-0.1, -0.05) is 0 Å². The first-order chi connectivity index (χ1) is 10.7. The lowest BCUT2D eigenvalue weighted by Gasteiger charge is -2.36. The van der Waals surface area contributed by atoms with Crippen LogP contribution in [0.1, 0.15) is 44.9 Å². The molecule has 2 aliphatic rings. The van der Waals surface area contributed by atoms with Gasteiger partial charge in [0, 0.05) is 17.6 Å². The molecular weight excluding hydrogens is 358 g/mol. The Labute approximate surface area is 145 Å². The number of nitrogens with zero attached hydrogens (tertiary/aromatic N) is 2. The molecule has 0 aliphatic carbocycles. The fourth-order valence-electron chi connectivity index (χ4n) is 3.27. The van der Waals surface area contributed by atoms with E-state index in [-0.39, 0.29) is 11.6 Å². The third-order valence-electron chi connectivity index (χ3n) is 4.49. The largest absolute Gasteiger partial charge is 0.444 e. The summed E-state index contributed by atoms with van der Waals surface area (Å²) in [5.41, 5.74) is 1.70. The van der Waals surface area contributed by atoms with Crippen molar-refractivity contribution >= 4 is 27.8 Å². The molecule has 0 unspecified atom stereocenters. The number of ether oxygens (including phenoxy) is 1. The molecule has 1 spiro atoms. The van der Waals surface area contributed by atoms with Crippen LogP contribution >= 0.6 is 15.9 Å². The first-order valence-corrected chi connectivity index (χ1v) is 8.89. The third kappa shape index (κ3) is 3.47. The predicted molar refractivity (Wildman–Crippen MR) is 93.8 cm³/mol. The van der Waals surface area contributed by atoms with Gasteiger partial charge in [-0.2, -0.15) is 0 Å². The number of pyridine rings is 1. The van der Waals surface area contributed by atoms with Crippen molar-refractivity contribution in [3.63, 3.8) is 0 Å². The van der Waals surface area contributed by atoms with E-state index in [0.29, 0.717) is 6.54 Å². The molecule has 1 N–H and O–H groups in total. The van der Waals surface area contributed by atoms with Crippen LogP contribution in [0.15, 0.2) is 10.5 Å². The Hall–Kier alpha value is -1.30. The molecule has 23 heavy (non-hydrogen) atoms. The molecule has 1 amide bonds. The van der Waals surface area contributed by atoms with Crippen molar-refractivity contribution in [2.75, 3.05) is 18.4 Å². The summed E-state index contributed by atoms with van der Waals surface area (Å²) in [6.07, 6.45) is 2.71. The van der Waals surface area contributed by atoms with Gasteiger partial charge in [0.05, 0.1) is 11.2 Å². The van der Waals surface area contributed by atoms with Gasteiger partial charge in [-0.25, -0.2) is 9.78 Å². The van der Waals surface area contributed by atoms with Crippen LogP contribution in [0.3, 0.4) is 0 Å². The third-order valence-corrected chi connectivity index (χ3v) is 5.29. The van der Waals surface area contributed by atoms with Gasteiger partial charge in [-0.05, 0) is 74.5 Å². The molecule has 1 aromatic heterocycles. The fraction of sp³-hybridized carbons (Fsp3) is 0.647. The van der Waals surface area contributed by atoms with Gasteiger partial charge in [0.2, 0.25) is 0 Å². The number of halogens is 1. The lowest BCUT2D eigenvalue weighted by molar-refractivity contribution is 0.0285. The Morgan fingerprint density at radius 1 is 1.43 bits per heavy atom. The number of hydrogen-bond donors (Lipinski definition) is 1. The molecule has 3 rings (SSSR count). The maximum Gasteiger partial charge on any atom is 0.410 e.